The summed E-state index contributed by atoms with van der Waals surface area (Å²) >= 11 is 3.04. The maximum absolute atomic E-state index is 13.0. The third kappa shape index (κ3) is 3.54. The third-order valence-electron chi connectivity index (χ3n) is 5.09. The average molecular weight is 396 g/mol. The highest BCUT2D eigenvalue weighted by Crippen LogP contribution is 2.35. The average Bonchev–Trinajstić information content (AvgIpc) is 3.05. The lowest BCUT2D eigenvalue weighted by atomic mass is 9.97. The molecule has 0 fully saturated rings. The fourth-order valence-corrected chi connectivity index (χ4v) is 5.83. The molecule has 1 aliphatic rings. The maximum atomic E-state index is 13.0. The monoisotopic (exact) mass is 395 g/mol. The van der Waals surface area contributed by atoms with E-state index in [2.05, 4.69) is 37.3 Å². The highest BCUT2D eigenvalue weighted by atomic mass is 32.2. The normalized spacial score (nSPS) is 14.7. The van der Waals surface area contributed by atoms with E-state index in [0.29, 0.717) is 11.6 Å². The summed E-state index contributed by atoms with van der Waals surface area (Å²) in [5.74, 6) is 0. The van der Waals surface area contributed by atoms with Crippen LogP contribution in [0.2, 0.25) is 0 Å². The first-order chi connectivity index (χ1) is 13.1. The van der Waals surface area contributed by atoms with Crippen molar-refractivity contribution in [3.63, 3.8) is 0 Å². The van der Waals surface area contributed by atoms with Gasteiger partial charge in [-0.25, -0.2) is 4.98 Å². The Bertz CT molecular complexity index is 1090. The molecule has 0 N–H and O–H groups in total. The predicted molar refractivity (Wildman–Crippen MR) is 112 cm³/mol. The van der Waals surface area contributed by atoms with E-state index in [1.54, 1.807) is 23.0 Å². The van der Waals surface area contributed by atoms with E-state index in [1.807, 2.05) is 0 Å². The lowest BCUT2D eigenvalue weighted by molar-refractivity contribution is 0.695. The molecule has 0 saturated heterocycles. The standard InChI is InChI=1S/C21H21N3OS2/c1-13-7-9-14(10-8-13)11-15(12-22)26-21-23-19-18(20(25)24(21)2)16-5-3-4-6-17(16)27-19/h7-10,15H,3-6,11H2,1-2H3/t15-/m0/s1. The smallest absolute Gasteiger partial charge is 0.262 e. The van der Waals surface area contributed by atoms with E-state index in [0.717, 1.165) is 35.0 Å². The van der Waals surface area contributed by atoms with Gasteiger partial charge < -0.3 is 0 Å². The molecule has 0 aliphatic heterocycles. The van der Waals surface area contributed by atoms with Gasteiger partial charge in [0.05, 0.1) is 11.5 Å². The minimum atomic E-state index is -0.280. The summed E-state index contributed by atoms with van der Waals surface area (Å²) in [5, 5.41) is 10.8. The number of nitriles is 1. The van der Waals surface area contributed by atoms with Gasteiger partial charge >= 0.3 is 0 Å². The van der Waals surface area contributed by atoms with Crippen LogP contribution in [0.15, 0.2) is 34.2 Å². The third-order valence-corrected chi connectivity index (χ3v) is 7.41. The quantitative estimate of drug-likeness (QED) is 0.485. The van der Waals surface area contributed by atoms with Crippen LogP contribution < -0.4 is 5.56 Å². The lowest BCUT2D eigenvalue weighted by Crippen LogP contribution is -2.21. The Labute approximate surface area is 166 Å². The Hall–Kier alpha value is -2.10. The van der Waals surface area contributed by atoms with Crippen molar-refractivity contribution in [3.8, 4) is 6.07 Å². The molecule has 0 saturated carbocycles. The number of hydrogen-bond donors (Lipinski definition) is 0. The van der Waals surface area contributed by atoms with Gasteiger partial charge in [-0.05, 0) is 50.2 Å². The molecule has 1 aliphatic carbocycles. The molecule has 6 heteroatoms. The molecule has 0 bridgehead atoms. The van der Waals surface area contributed by atoms with Crippen molar-refractivity contribution in [2.24, 2.45) is 7.05 Å². The largest absolute Gasteiger partial charge is 0.290 e. The first-order valence-electron chi connectivity index (χ1n) is 9.20. The van der Waals surface area contributed by atoms with Crippen molar-refractivity contribution < 1.29 is 0 Å². The van der Waals surface area contributed by atoms with Gasteiger partial charge in [-0.15, -0.1) is 11.3 Å². The SMILES string of the molecule is Cc1ccc(C[C@@H](C#N)Sc2nc3sc4c(c3c(=O)n2C)CCCC4)cc1. The van der Waals surface area contributed by atoms with Crippen LogP contribution in [0, 0.1) is 18.3 Å². The van der Waals surface area contributed by atoms with Gasteiger partial charge in [0.15, 0.2) is 5.16 Å². The molecule has 0 radical (unpaired) electrons. The molecule has 0 spiro atoms. The number of thiophene rings is 1. The molecular weight excluding hydrogens is 374 g/mol. The van der Waals surface area contributed by atoms with Crippen LogP contribution in [0.4, 0.5) is 0 Å². The highest BCUT2D eigenvalue weighted by Gasteiger charge is 2.22. The summed E-state index contributed by atoms with van der Waals surface area (Å²) in [7, 11) is 1.77. The van der Waals surface area contributed by atoms with E-state index in [1.165, 1.54) is 34.2 Å². The summed E-state index contributed by atoms with van der Waals surface area (Å²) in [6, 6.07) is 10.6. The van der Waals surface area contributed by atoms with Crippen LogP contribution in [-0.2, 0) is 26.3 Å². The van der Waals surface area contributed by atoms with Gasteiger partial charge in [0.25, 0.3) is 5.56 Å². The molecule has 1 aromatic carbocycles. The van der Waals surface area contributed by atoms with E-state index in [9.17, 15) is 10.1 Å². The number of thioether (sulfide) groups is 1. The molecule has 1 atom stereocenters. The Morgan fingerprint density at radius 3 is 2.78 bits per heavy atom. The summed E-state index contributed by atoms with van der Waals surface area (Å²) < 4.78 is 1.62. The van der Waals surface area contributed by atoms with Crippen molar-refractivity contribution >= 4 is 33.3 Å². The lowest BCUT2D eigenvalue weighted by Gasteiger charge is -2.12. The molecule has 138 valence electrons. The number of nitrogens with zero attached hydrogens (tertiary/aromatic N) is 3. The van der Waals surface area contributed by atoms with Crippen molar-refractivity contribution in [1.29, 1.82) is 5.26 Å². The Morgan fingerprint density at radius 1 is 1.30 bits per heavy atom. The van der Waals surface area contributed by atoms with Gasteiger partial charge in [-0.1, -0.05) is 41.6 Å². The van der Waals surface area contributed by atoms with Crippen LogP contribution in [0.3, 0.4) is 0 Å². The zero-order valence-corrected chi connectivity index (χ0v) is 17.1. The number of hydrogen-bond acceptors (Lipinski definition) is 5. The van der Waals surface area contributed by atoms with Crippen LogP contribution in [0.5, 0.6) is 0 Å². The van der Waals surface area contributed by atoms with Gasteiger partial charge in [-0.2, -0.15) is 5.26 Å². The van der Waals surface area contributed by atoms with Gasteiger partial charge in [-0.3, -0.25) is 9.36 Å². The molecule has 3 aromatic rings. The minimum absolute atomic E-state index is 0.0222. The van der Waals surface area contributed by atoms with E-state index < -0.39 is 0 Å². The molecule has 4 nitrogen and oxygen atoms in total. The molecule has 0 unspecified atom stereocenters. The first-order valence-corrected chi connectivity index (χ1v) is 10.9. The molecule has 2 heterocycles. The summed E-state index contributed by atoms with van der Waals surface area (Å²) in [6.45, 7) is 2.05. The number of rotatable bonds is 4. The second-order valence-corrected chi connectivity index (χ2v) is 9.33. The van der Waals surface area contributed by atoms with Crippen LogP contribution in [0.25, 0.3) is 10.2 Å². The Morgan fingerprint density at radius 2 is 2.04 bits per heavy atom. The second kappa shape index (κ2) is 7.49. The van der Waals surface area contributed by atoms with Gasteiger partial charge in [0.1, 0.15) is 10.1 Å². The first kappa shape index (κ1) is 18.3. The Balaban J connectivity index is 1.66. The Kier molecular flexibility index (Phi) is 5.07. The molecule has 27 heavy (non-hydrogen) atoms. The summed E-state index contributed by atoms with van der Waals surface area (Å²) in [6.07, 6.45) is 5.00. The number of aryl methyl sites for hydroxylation is 3. The zero-order chi connectivity index (χ0) is 19.0. The summed E-state index contributed by atoms with van der Waals surface area (Å²) in [4.78, 5) is 19.9. The van der Waals surface area contributed by atoms with Crippen LogP contribution >= 0.6 is 23.1 Å². The van der Waals surface area contributed by atoms with Gasteiger partial charge in [0, 0.05) is 11.9 Å². The van der Waals surface area contributed by atoms with Crippen molar-refractivity contribution in [2.45, 2.75) is 49.4 Å². The summed E-state index contributed by atoms with van der Waals surface area (Å²) in [5.41, 5.74) is 3.56. The number of fused-ring (bicyclic) bond motifs is 3. The van der Waals surface area contributed by atoms with Crippen LogP contribution in [-0.4, -0.2) is 14.8 Å². The van der Waals surface area contributed by atoms with E-state index in [4.69, 9.17) is 4.98 Å². The fraction of sp³-hybridized carbons (Fsp3) is 0.381. The molecule has 4 rings (SSSR count). The predicted octanol–water partition coefficient (Wildman–Crippen LogP) is 4.41. The second-order valence-electron chi connectivity index (χ2n) is 7.07. The van der Waals surface area contributed by atoms with Crippen molar-refractivity contribution in [2.75, 3.05) is 0 Å². The minimum Gasteiger partial charge on any atom is -0.290 e. The fourth-order valence-electron chi connectivity index (χ4n) is 3.55. The molecule has 2 aromatic heterocycles. The van der Waals surface area contributed by atoms with Gasteiger partial charge in [0.2, 0.25) is 0 Å². The zero-order valence-electron chi connectivity index (χ0n) is 15.5. The van der Waals surface area contributed by atoms with E-state index in [-0.39, 0.29) is 10.8 Å². The van der Waals surface area contributed by atoms with E-state index >= 15 is 0 Å². The number of benzene rings is 1. The van der Waals surface area contributed by atoms with Crippen molar-refractivity contribution in [1.82, 2.24) is 9.55 Å². The maximum Gasteiger partial charge on any atom is 0.262 e. The molecule has 0 amide bonds. The number of aromatic nitrogens is 2. The van der Waals surface area contributed by atoms with Crippen LogP contribution in [0.1, 0.15) is 34.4 Å². The topological polar surface area (TPSA) is 58.7 Å². The molecular formula is C21H21N3OS2. The van der Waals surface area contributed by atoms with Crippen molar-refractivity contribution in [3.05, 3.63) is 56.2 Å². The highest BCUT2D eigenvalue weighted by molar-refractivity contribution is 8.00.